The Hall–Kier alpha value is -4.38. The predicted molar refractivity (Wildman–Crippen MR) is 156 cm³/mol. The fourth-order valence-electron chi connectivity index (χ4n) is 6.75. The minimum atomic E-state index is -0.0527. The van der Waals surface area contributed by atoms with Crippen LogP contribution in [-0.4, -0.2) is 26.0 Å². The molecule has 0 saturated heterocycles. The van der Waals surface area contributed by atoms with Crippen LogP contribution in [0.1, 0.15) is 55.7 Å². The lowest BCUT2D eigenvalue weighted by atomic mass is 9.73. The Morgan fingerprint density at radius 2 is 1.26 bits per heavy atom. The van der Waals surface area contributed by atoms with Crippen molar-refractivity contribution in [3.63, 3.8) is 0 Å². The van der Waals surface area contributed by atoms with Crippen LogP contribution in [0.5, 0.6) is 0 Å². The molecular formula is C34H31N5. The maximum atomic E-state index is 4.63. The van der Waals surface area contributed by atoms with E-state index in [1.54, 1.807) is 24.8 Å². The first-order valence-electron chi connectivity index (χ1n) is 13.8. The van der Waals surface area contributed by atoms with Crippen molar-refractivity contribution in [1.29, 1.82) is 0 Å². The van der Waals surface area contributed by atoms with Crippen molar-refractivity contribution in [2.45, 2.75) is 50.5 Å². The quantitative estimate of drug-likeness (QED) is 0.248. The average Bonchev–Trinajstić information content (AvgIpc) is 3.48. The smallest absolute Gasteiger partial charge is 0.0885 e. The predicted octanol–water partition coefficient (Wildman–Crippen LogP) is 7.71. The third kappa shape index (κ3) is 4.00. The SMILES string of the molecule is CC1(C)c2ccccc2N(C2CCCC2c2cc(-c3cnccn3)cc(-c3cnccn3)c2)c2ccccc21. The van der Waals surface area contributed by atoms with E-state index in [0.29, 0.717) is 12.0 Å². The highest BCUT2D eigenvalue weighted by molar-refractivity contribution is 5.79. The zero-order valence-corrected chi connectivity index (χ0v) is 22.3. The Balaban J connectivity index is 1.38. The molecule has 5 heteroatoms. The van der Waals surface area contributed by atoms with Crippen LogP contribution in [-0.2, 0) is 5.41 Å². The van der Waals surface area contributed by atoms with Gasteiger partial charge in [0.25, 0.3) is 0 Å². The van der Waals surface area contributed by atoms with Gasteiger partial charge in [0.05, 0.1) is 23.8 Å². The van der Waals surface area contributed by atoms with E-state index in [0.717, 1.165) is 35.4 Å². The lowest BCUT2D eigenvalue weighted by molar-refractivity contribution is 0.562. The van der Waals surface area contributed by atoms with Gasteiger partial charge in [-0.05, 0) is 59.9 Å². The topological polar surface area (TPSA) is 54.8 Å². The molecule has 2 unspecified atom stereocenters. The second kappa shape index (κ2) is 9.42. The summed E-state index contributed by atoms with van der Waals surface area (Å²) >= 11 is 0. The van der Waals surface area contributed by atoms with E-state index in [9.17, 15) is 0 Å². The molecule has 0 amide bonds. The lowest BCUT2D eigenvalue weighted by Crippen LogP contribution is -2.40. The summed E-state index contributed by atoms with van der Waals surface area (Å²) in [6.45, 7) is 4.71. The Morgan fingerprint density at radius 3 is 1.79 bits per heavy atom. The molecule has 1 aliphatic heterocycles. The summed E-state index contributed by atoms with van der Waals surface area (Å²) in [5.74, 6) is 0.361. The molecule has 2 aliphatic rings. The molecule has 3 heterocycles. The van der Waals surface area contributed by atoms with Crippen LogP contribution in [0.3, 0.4) is 0 Å². The summed E-state index contributed by atoms with van der Waals surface area (Å²) in [7, 11) is 0. The molecule has 2 aromatic heterocycles. The molecule has 0 spiro atoms. The van der Waals surface area contributed by atoms with Gasteiger partial charge in [0.15, 0.2) is 0 Å². The number of rotatable bonds is 4. The van der Waals surface area contributed by atoms with Gasteiger partial charge in [-0.3, -0.25) is 19.9 Å². The summed E-state index contributed by atoms with van der Waals surface area (Å²) in [6.07, 6.45) is 14.1. The number of benzene rings is 3. The second-order valence-corrected chi connectivity index (χ2v) is 11.2. The van der Waals surface area contributed by atoms with Crippen molar-refractivity contribution in [2.24, 2.45) is 0 Å². The minimum Gasteiger partial charge on any atom is -0.337 e. The van der Waals surface area contributed by atoms with E-state index in [1.807, 2.05) is 12.4 Å². The number of nitrogens with zero attached hydrogens (tertiary/aromatic N) is 5. The van der Waals surface area contributed by atoms with Gasteiger partial charge in [0.2, 0.25) is 0 Å². The van der Waals surface area contributed by atoms with Crippen molar-refractivity contribution < 1.29 is 0 Å². The van der Waals surface area contributed by atoms with Crippen LogP contribution in [0, 0.1) is 0 Å². The molecule has 0 radical (unpaired) electrons. The van der Waals surface area contributed by atoms with Gasteiger partial charge in [-0.15, -0.1) is 0 Å². The van der Waals surface area contributed by atoms with E-state index in [-0.39, 0.29) is 5.41 Å². The molecule has 5 nitrogen and oxygen atoms in total. The summed E-state index contributed by atoms with van der Waals surface area (Å²) < 4.78 is 0. The molecule has 5 aromatic rings. The van der Waals surface area contributed by atoms with Gasteiger partial charge in [0.1, 0.15) is 0 Å². The fourth-order valence-corrected chi connectivity index (χ4v) is 6.75. The van der Waals surface area contributed by atoms with E-state index >= 15 is 0 Å². The van der Waals surface area contributed by atoms with Crippen molar-refractivity contribution in [2.75, 3.05) is 4.90 Å². The van der Waals surface area contributed by atoms with E-state index < -0.39 is 0 Å². The van der Waals surface area contributed by atoms with Gasteiger partial charge >= 0.3 is 0 Å². The molecule has 3 aromatic carbocycles. The molecule has 1 fully saturated rings. The number of aromatic nitrogens is 4. The molecule has 39 heavy (non-hydrogen) atoms. The molecule has 192 valence electrons. The van der Waals surface area contributed by atoms with Crippen molar-refractivity contribution >= 4 is 11.4 Å². The van der Waals surface area contributed by atoms with Gasteiger partial charge < -0.3 is 4.90 Å². The van der Waals surface area contributed by atoms with Crippen LogP contribution in [0.2, 0.25) is 0 Å². The van der Waals surface area contributed by atoms with Crippen molar-refractivity contribution in [1.82, 2.24) is 19.9 Å². The standard InChI is InChI=1S/C34H31N5/c1-34(2)27-9-3-5-11-32(27)39(33-12-6-4-10-28(33)34)31-13-7-8-26(31)23-18-24(29-21-35-14-16-37-29)20-25(19-23)30-22-36-15-17-38-30/h3-6,9-12,14-22,26,31H,7-8,13H2,1-2H3. The second-order valence-electron chi connectivity index (χ2n) is 11.2. The van der Waals surface area contributed by atoms with Gasteiger partial charge in [0, 0.05) is 64.7 Å². The minimum absolute atomic E-state index is 0.0527. The number of hydrogen-bond donors (Lipinski definition) is 0. The number of fused-ring (bicyclic) bond motifs is 2. The first-order valence-corrected chi connectivity index (χ1v) is 13.8. The third-order valence-corrected chi connectivity index (χ3v) is 8.59. The monoisotopic (exact) mass is 509 g/mol. The highest BCUT2D eigenvalue weighted by Crippen LogP contribution is 2.53. The number of hydrogen-bond acceptors (Lipinski definition) is 5. The van der Waals surface area contributed by atoms with E-state index in [2.05, 4.69) is 105 Å². The Morgan fingerprint density at radius 1 is 0.692 bits per heavy atom. The van der Waals surface area contributed by atoms with Gasteiger partial charge in [-0.2, -0.15) is 0 Å². The molecule has 2 atom stereocenters. The van der Waals surface area contributed by atoms with E-state index in [1.165, 1.54) is 34.5 Å². The molecule has 1 saturated carbocycles. The van der Waals surface area contributed by atoms with Gasteiger partial charge in [-0.1, -0.05) is 56.7 Å². The number of para-hydroxylation sites is 2. The summed E-state index contributed by atoms with van der Waals surface area (Å²) in [5.41, 5.74) is 10.6. The molecular weight excluding hydrogens is 478 g/mol. The largest absolute Gasteiger partial charge is 0.337 e. The summed E-state index contributed by atoms with van der Waals surface area (Å²) in [5, 5.41) is 0. The summed E-state index contributed by atoms with van der Waals surface area (Å²) in [4.78, 5) is 20.6. The Labute approximate surface area is 229 Å². The van der Waals surface area contributed by atoms with Crippen molar-refractivity contribution in [3.8, 4) is 22.5 Å². The zero-order chi connectivity index (χ0) is 26.4. The lowest BCUT2D eigenvalue weighted by Gasteiger charge is -2.46. The van der Waals surface area contributed by atoms with Crippen LogP contribution in [0.4, 0.5) is 11.4 Å². The van der Waals surface area contributed by atoms with Crippen molar-refractivity contribution in [3.05, 3.63) is 121 Å². The maximum Gasteiger partial charge on any atom is 0.0885 e. The third-order valence-electron chi connectivity index (χ3n) is 8.59. The zero-order valence-electron chi connectivity index (χ0n) is 22.3. The first-order chi connectivity index (χ1) is 19.1. The Kier molecular flexibility index (Phi) is 5.73. The van der Waals surface area contributed by atoms with Crippen LogP contribution >= 0.6 is 0 Å². The molecule has 0 bridgehead atoms. The normalized spacial score (nSPS) is 19.4. The van der Waals surface area contributed by atoms with Crippen LogP contribution in [0.15, 0.2) is 104 Å². The number of anilines is 2. The summed E-state index contributed by atoms with van der Waals surface area (Å²) in [6, 6.07) is 25.1. The first kappa shape index (κ1) is 23.7. The average molecular weight is 510 g/mol. The molecule has 1 aliphatic carbocycles. The molecule has 7 rings (SSSR count). The van der Waals surface area contributed by atoms with E-state index in [4.69, 9.17) is 0 Å². The van der Waals surface area contributed by atoms with Crippen LogP contribution < -0.4 is 4.90 Å². The van der Waals surface area contributed by atoms with Crippen LogP contribution in [0.25, 0.3) is 22.5 Å². The highest BCUT2D eigenvalue weighted by Gasteiger charge is 2.42. The molecule has 0 N–H and O–H groups in total. The van der Waals surface area contributed by atoms with Gasteiger partial charge in [-0.25, -0.2) is 0 Å². The Bertz CT molecular complexity index is 1520. The highest BCUT2D eigenvalue weighted by atomic mass is 15.2. The maximum absolute atomic E-state index is 4.63. The fraction of sp³-hybridized carbons (Fsp3) is 0.235.